The Labute approximate surface area is 120 Å². The van der Waals surface area contributed by atoms with E-state index in [4.69, 9.17) is 5.73 Å². The zero-order chi connectivity index (χ0) is 15.5. The van der Waals surface area contributed by atoms with Gasteiger partial charge in [0.2, 0.25) is 10.0 Å². The second-order valence-corrected chi connectivity index (χ2v) is 5.97. The summed E-state index contributed by atoms with van der Waals surface area (Å²) in [5, 5.41) is 0. The largest absolute Gasteiger partial charge is 0.326 e. The third-order valence-electron chi connectivity index (χ3n) is 2.87. The number of sulfonamides is 1. The van der Waals surface area contributed by atoms with Gasteiger partial charge in [0.1, 0.15) is 0 Å². The van der Waals surface area contributed by atoms with Gasteiger partial charge in [-0.25, -0.2) is 17.9 Å². The van der Waals surface area contributed by atoms with Crippen LogP contribution in [0.3, 0.4) is 0 Å². The second-order valence-electron chi connectivity index (χ2n) is 4.23. The lowest BCUT2D eigenvalue weighted by atomic mass is 10.1. The molecule has 5 N–H and O–H groups in total. The molecule has 0 aliphatic carbocycles. The summed E-state index contributed by atoms with van der Waals surface area (Å²) < 4.78 is 26.4. The molecule has 21 heavy (non-hydrogen) atoms. The van der Waals surface area contributed by atoms with Crippen LogP contribution < -0.4 is 21.7 Å². The summed E-state index contributed by atoms with van der Waals surface area (Å²) >= 11 is 0. The van der Waals surface area contributed by atoms with Crippen molar-refractivity contribution < 1.29 is 8.42 Å². The SMILES string of the molecule is NCc1ccccc1CNS(=O)(=O)c1c[nH]c(=O)[nH]c1=O. The van der Waals surface area contributed by atoms with Crippen molar-refractivity contribution in [3.05, 3.63) is 62.4 Å². The van der Waals surface area contributed by atoms with Gasteiger partial charge in [0.15, 0.2) is 4.90 Å². The van der Waals surface area contributed by atoms with E-state index in [1.54, 1.807) is 24.3 Å². The molecular weight excluding hydrogens is 296 g/mol. The minimum Gasteiger partial charge on any atom is -0.326 e. The van der Waals surface area contributed by atoms with E-state index in [0.29, 0.717) is 5.56 Å². The highest BCUT2D eigenvalue weighted by molar-refractivity contribution is 7.89. The first-order valence-corrected chi connectivity index (χ1v) is 7.51. The van der Waals surface area contributed by atoms with E-state index in [-0.39, 0.29) is 13.1 Å². The fraction of sp³-hybridized carbons (Fsp3) is 0.167. The third-order valence-corrected chi connectivity index (χ3v) is 4.27. The minimum absolute atomic E-state index is 0.00568. The summed E-state index contributed by atoms with van der Waals surface area (Å²) in [6.45, 7) is 0.269. The first kappa shape index (κ1) is 15.2. The summed E-state index contributed by atoms with van der Waals surface area (Å²) in [6, 6.07) is 7.08. The van der Waals surface area contributed by atoms with Crippen molar-refractivity contribution in [2.75, 3.05) is 0 Å². The molecule has 0 aliphatic heterocycles. The molecule has 0 fully saturated rings. The molecule has 1 heterocycles. The van der Waals surface area contributed by atoms with Crippen LogP contribution in [-0.2, 0) is 23.1 Å². The average molecular weight is 310 g/mol. The summed E-state index contributed by atoms with van der Waals surface area (Å²) in [5.41, 5.74) is 5.34. The van der Waals surface area contributed by atoms with Gasteiger partial charge in [-0.05, 0) is 11.1 Å². The van der Waals surface area contributed by atoms with Crippen molar-refractivity contribution in [2.24, 2.45) is 5.73 Å². The van der Waals surface area contributed by atoms with Crippen LogP contribution in [0.15, 0.2) is 44.9 Å². The van der Waals surface area contributed by atoms with E-state index >= 15 is 0 Å². The lowest BCUT2D eigenvalue weighted by Crippen LogP contribution is -2.33. The number of H-pyrrole nitrogens is 2. The molecule has 1 aromatic heterocycles. The summed E-state index contributed by atoms with van der Waals surface area (Å²) in [6.07, 6.45) is 0.859. The summed E-state index contributed by atoms with van der Waals surface area (Å²) in [7, 11) is -4.04. The average Bonchev–Trinajstić information content (AvgIpc) is 2.45. The number of aromatic nitrogens is 2. The van der Waals surface area contributed by atoms with E-state index in [2.05, 4.69) is 9.71 Å². The smallest absolute Gasteiger partial charge is 0.325 e. The molecule has 1 aromatic carbocycles. The number of hydrogen-bond donors (Lipinski definition) is 4. The predicted octanol–water partition coefficient (Wildman–Crippen LogP) is -1.000. The standard InChI is InChI=1S/C12H14N4O4S/c13-5-8-3-1-2-4-9(8)6-15-21(19,20)10-7-14-12(18)16-11(10)17/h1-4,7,15H,5-6,13H2,(H2,14,16,17,18). The molecule has 0 saturated heterocycles. The van der Waals surface area contributed by atoms with E-state index in [1.165, 1.54) is 0 Å². The number of aromatic amines is 2. The molecule has 112 valence electrons. The Hall–Kier alpha value is -2.23. The Balaban J connectivity index is 2.26. The molecule has 2 aromatic rings. The van der Waals surface area contributed by atoms with Crippen LogP contribution in [0.2, 0.25) is 0 Å². The van der Waals surface area contributed by atoms with E-state index in [0.717, 1.165) is 11.8 Å². The highest BCUT2D eigenvalue weighted by Gasteiger charge is 2.18. The topological polar surface area (TPSA) is 138 Å². The van der Waals surface area contributed by atoms with E-state index in [1.807, 2.05) is 4.98 Å². The number of rotatable bonds is 5. The normalized spacial score (nSPS) is 11.5. The van der Waals surface area contributed by atoms with Crippen molar-refractivity contribution in [1.82, 2.24) is 14.7 Å². The molecule has 0 spiro atoms. The number of nitrogens with one attached hydrogen (secondary N) is 3. The van der Waals surface area contributed by atoms with Crippen molar-refractivity contribution in [1.29, 1.82) is 0 Å². The molecular formula is C12H14N4O4S. The first-order chi connectivity index (χ1) is 9.94. The van der Waals surface area contributed by atoms with Crippen molar-refractivity contribution in [2.45, 2.75) is 18.0 Å². The zero-order valence-corrected chi connectivity index (χ0v) is 11.7. The Bertz CT molecular complexity index is 854. The second kappa shape index (κ2) is 6.04. The fourth-order valence-electron chi connectivity index (χ4n) is 1.78. The van der Waals surface area contributed by atoms with Crippen molar-refractivity contribution >= 4 is 10.0 Å². The van der Waals surface area contributed by atoms with E-state index < -0.39 is 26.2 Å². The van der Waals surface area contributed by atoms with Crippen LogP contribution in [0, 0.1) is 0 Å². The van der Waals surface area contributed by atoms with Gasteiger partial charge in [0.25, 0.3) is 5.56 Å². The zero-order valence-electron chi connectivity index (χ0n) is 10.9. The number of hydrogen-bond acceptors (Lipinski definition) is 5. The monoisotopic (exact) mass is 310 g/mol. The fourth-order valence-corrected chi connectivity index (χ4v) is 2.79. The Morgan fingerprint density at radius 3 is 2.43 bits per heavy atom. The Kier molecular flexibility index (Phi) is 4.36. The summed E-state index contributed by atoms with van der Waals surface area (Å²) in [4.78, 5) is 25.8. The van der Waals surface area contributed by atoms with Gasteiger partial charge < -0.3 is 10.7 Å². The highest BCUT2D eigenvalue weighted by atomic mass is 32.2. The first-order valence-electron chi connectivity index (χ1n) is 6.02. The molecule has 0 aliphatic rings. The van der Waals surface area contributed by atoms with Gasteiger partial charge in [-0.2, -0.15) is 0 Å². The molecule has 0 amide bonds. The molecule has 0 bridgehead atoms. The van der Waals surface area contributed by atoms with Crippen LogP contribution in [0.25, 0.3) is 0 Å². The van der Waals surface area contributed by atoms with Gasteiger partial charge in [0, 0.05) is 19.3 Å². The maximum absolute atomic E-state index is 12.1. The van der Waals surface area contributed by atoms with Crippen LogP contribution in [-0.4, -0.2) is 18.4 Å². The minimum atomic E-state index is -4.04. The third kappa shape index (κ3) is 3.45. The van der Waals surface area contributed by atoms with E-state index in [9.17, 15) is 18.0 Å². The quantitative estimate of drug-likeness (QED) is 0.561. The maximum atomic E-state index is 12.1. The number of benzene rings is 1. The lowest BCUT2D eigenvalue weighted by molar-refractivity contribution is 0.578. The number of nitrogens with two attached hydrogens (primary N) is 1. The van der Waals surface area contributed by atoms with Gasteiger partial charge in [0.05, 0.1) is 0 Å². The van der Waals surface area contributed by atoms with Gasteiger partial charge >= 0.3 is 5.69 Å². The molecule has 0 saturated carbocycles. The molecule has 0 unspecified atom stereocenters. The Morgan fingerprint density at radius 1 is 1.14 bits per heavy atom. The van der Waals surface area contributed by atoms with Crippen LogP contribution >= 0.6 is 0 Å². The van der Waals surface area contributed by atoms with Gasteiger partial charge in [-0.3, -0.25) is 9.78 Å². The Morgan fingerprint density at radius 2 is 1.81 bits per heavy atom. The van der Waals surface area contributed by atoms with Crippen LogP contribution in [0.5, 0.6) is 0 Å². The van der Waals surface area contributed by atoms with Crippen LogP contribution in [0.4, 0.5) is 0 Å². The predicted molar refractivity (Wildman–Crippen MR) is 76.0 cm³/mol. The summed E-state index contributed by atoms with van der Waals surface area (Å²) in [5.74, 6) is 0. The lowest BCUT2D eigenvalue weighted by Gasteiger charge is -2.09. The molecule has 9 heteroatoms. The molecule has 2 rings (SSSR count). The van der Waals surface area contributed by atoms with Gasteiger partial charge in [-0.15, -0.1) is 0 Å². The van der Waals surface area contributed by atoms with Crippen molar-refractivity contribution in [3.63, 3.8) is 0 Å². The highest BCUT2D eigenvalue weighted by Crippen LogP contribution is 2.09. The molecule has 0 atom stereocenters. The van der Waals surface area contributed by atoms with Crippen LogP contribution in [0.1, 0.15) is 11.1 Å². The molecule has 8 nitrogen and oxygen atoms in total. The maximum Gasteiger partial charge on any atom is 0.325 e. The van der Waals surface area contributed by atoms with Crippen molar-refractivity contribution in [3.8, 4) is 0 Å². The van der Waals surface area contributed by atoms with Gasteiger partial charge in [-0.1, -0.05) is 24.3 Å². The molecule has 0 radical (unpaired) electrons.